The molecule has 3 aromatic rings. The van der Waals surface area contributed by atoms with Crippen molar-refractivity contribution in [3.63, 3.8) is 0 Å². The number of halogens is 1. The third kappa shape index (κ3) is 4.77. The van der Waals surface area contributed by atoms with Crippen LogP contribution in [-0.4, -0.2) is 43.0 Å². The molecule has 1 fully saturated rings. The Morgan fingerprint density at radius 2 is 1.97 bits per heavy atom. The molecule has 1 saturated carbocycles. The van der Waals surface area contributed by atoms with E-state index in [4.69, 9.17) is 16.3 Å². The Hall–Kier alpha value is -2.78. The van der Waals surface area contributed by atoms with Crippen molar-refractivity contribution in [2.45, 2.75) is 50.8 Å². The van der Waals surface area contributed by atoms with Crippen LogP contribution in [0, 0.1) is 0 Å². The summed E-state index contributed by atoms with van der Waals surface area (Å²) in [6.07, 6.45) is 4.60. The van der Waals surface area contributed by atoms with Gasteiger partial charge in [0, 0.05) is 18.1 Å². The van der Waals surface area contributed by atoms with Gasteiger partial charge >= 0.3 is 5.69 Å². The van der Waals surface area contributed by atoms with Crippen LogP contribution in [0.1, 0.15) is 32.1 Å². The van der Waals surface area contributed by atoms with Crippen molar-refractivity contribution in [2.75, 3.05) is 11.9 Å². The van der Waals surface area contributed by atoms with Crippen LogP contribution < -0.4 is 21.3 Å². The van der Waals surface area contributed by atoms with Gasteiger partial charge in [-0.3, -0.25) is 14.3 Å². The Balaban J connectivity index is 1.61. The first-order valence-corrected chi connectivity index (χ1v) is 10.8. The number of hydrogen-bond acceptors (Lipinski definition) is 6. The van der Waals surface area contributed by atoms with Gasteiger partial charge in [-0.2, -0.15) is 4.98 Å². The van der Waals surface area contributed by atoms with Gasteiger partial charge in [0.05, 0.1) is 6.54 Å². The van der Waals surface area contributed by atoms with Gasteiger partial charge in [-0.25, -0.2) is 4.79 Å². The quantitative estimate of drug-likeness (QED) is 0.512. The highest BCUT2D eigenvalue weighted by Gasteiger charge is 2.22. The Morgan fingerprint density at radius 3 is 2.68 bits per heavy atom. The minimum atomic E-state index is -0.906. The maximum atomic E-state index is 12.6. The average molecular weight is 448 g/mol. The fourth-order valence-corrected chi connectivity index (χ4v) is 4.06. The van der Waals surface area contributed by atoms with Crippen LogP contribution >= 0.6 is 11.6 Å². The van der Waals surface area contributed by atoms with Crippen LogP contribution in [0.4, 0.5) is 5.95 Å². The van der Waals surface area contributed by atoms with Crippen LogP contribution in [0.2, 0.25) is 5.02 Å². The highest BCUT2D eigenvalue weighted by Crippen LogP contribution is 2.23. The second kappa shape index (κ2) is 9.15. The van der Waals surface area contributed by atoms with Crippen LogP contribution in [0.25, 0.3) is 11.2 Å². The molecule has 10 heteroatoms. The second-order valence-electron chi connectivity index (χ2n) is 7.93. The number of imidazole rings is 1. The van der Waals surface area contributed by atoms with Gasteiger partial charge in [0.1, 0.15) is 18.5 Å². The van der Waals surface area contributed by atoms with E-state index in [0.717, 1.165) is 25.7 Å². The number of fused-ring (bicyclic) bond motifs is 1. The van der Waals surface area contributed by atoms with Crippen LogP contribution in [0.5, 0.6) is 5.75 Å². The maximum absolute atomic E-state index is 12.6. The summed E-state index contributed by atoms with van der Waals surface area (Å²) in [5.41, 5.74) is -0.546. The first-order valence-electron chi connectivity index (χ1n) is 10.4. The highest BCUT2D eigenvalue weighted by atomic mass is 35.5. The standard InChI is InChI=1S/C21H26ClN5O4/c1-26-18-17(19(29)25-21(26)30)27(20(24-18)23-14-5-3-2-4-6-14)11-15(28)12-31-16-9-7-13(22)8-10-16/h7-10,14-15,28H,2-6,11-12H2,1H3,(H,23,24)(H,25,29,30). The molecule has 2 aromatic heterocycles. The van der Waals surface area contributed by atoms with E-state index in [2.05, 4.69) is 15.3 Å². The van der Waals surface area contributed by atoms with E-state index in [9.17, 15) is 14.7 Å². The number of aliphatic hydroxyl groups is 1. The third-order valence-corrected chi connectivity index (χ3v) is 5.85. The van der Waals surface area contributed by atoms with Crippen molar-refractivity contribution in [3.05, 3.63) is 50.1 Å². The molecule has 0 amide bonds. The third-order valence-electron chi connectivity index (χ3n) is 5.59. The molecule has 31 heavy (non-hydrogen) atoms. The number of hydrogen-bond donors (Lipinski definition) is 3. The van der Waals surface area contributed by atoms with E-state index in [-0.39, 0.29) is 30.4 Å². The number of H-pyrrole nitrogens is 1. The zero-order valence-corrected chi connectivity index (χ0v) is 18.1. The van der Waals surface area contributed by atoms with E-state index in [1.807, 2.05) is 0 Å². The molecule has 1 unspecified atom stereocenters. The second-order valence-corrected chi connectivity index (χ2v) is 8.37. The number of aromatic nitrogens is 4. The largest absolute Gasteiger partial charge is 0.491 e. The van der Waals surface area contributed by atoms with Crippen molar-refractivity contribution in [2.24, 2.45) is 7.05 Å². The number of anilines is 1. The summed E-state index contributed by atoms with van der Waals surface area (Å²) in [7, 11) is 1.56. The monoisotopic (exact) mass is 447 g/mol. The number of nitrogens with zero attached hydrogens (tertiary/aromatic N) is 3. The molecular formula is C21H26ClN5O4. The van der Waals surface area contributed by atoms with Crippen LogP contribution in [0.15, 0.2) is 33.9 Å². The summed E-state index contributed by atoms with van der Waals surface area (Å²) >= 11 is 5.88. The molecule has 0 saturated heterocycles. The number of rotatable bonds is 7. The van der Waals surface area contributed by atoms with E-state index in [1.54, 1.807) is 35.9 Å². The fourth-order valence-electron chi connectivity index (χ4n) is 3.94. The lowest BCUT2D eigenvalue weighted by Gasteiger charge is -2.24. The van der Waals surface area contributed by atoms with Crippen molar-refractivity contribution in [3.8, 4) is 5.75 Å². The molecule has 1 aliphatic rings. The fraction of sp³-hybridized carbons (Fsp3) is 0.476. The predicted molar refractivity (Wildman–Crippen MR) is 119 cm³/mol. The molecule has 0 bridgehead atoms. The average Bonchev–Trinajstić information content (AvgIpc) is 3.11. The predicted octanol–water partition coefficient (Wildman–Crippen LogP) is 2.26. The zero-order chi connectivity index (χ0) is 22.0. The Morgan fingerprint density at radius 1 is 1.26 bits per heavy atom. The number of nitrogens with one attached hydrogen (secondary N) is 2. The smallest absolute Gasteiger partial charge is 0.329 e. The SMILES string of the molecule is Cn1c(=O)[nH]c(=O)c2c1nc(NC1CCCCC1)n2CC(O)COc1ccc(Cl)cc1. The molecule has 1 aliphatic carbocycles. The van der Waals surface area contributed by atoms with Gasteiger partial charge in [0.15, 0.2) is 11.2 Å². The van der Waals surface area contributed by atoms with Gasteiger partial charge in [0.25, 0.3) is 5.56 Å². The number of benzene rings is 1. The molecule has 0 aliphatic heterocycles. The van der Waals surface area contributed by atoms with Gasteiger partial charge in [-0.15, -0.1) is 0 Å². The van der Waals surface area contributed by atoms with Gasteiger partial charge in [-0.05, 0) is 37.1 Å². The number of ether oxygens (including phenoxy) is 1. The normalized spacial score (nSPS) is 15.8. The van der Waals surface area contributed by atoms with Crippen molar-refractivity contribution < 1.29 is 9.84 Å². The Bertz CT molecular complexity index is 1160. The number of aryl methyl sites for hydroxylation is 1. The minimum absolute atomic E-state index is 0.0217. The van der Waals surface area contributed by atoms with E-state index < -0.39 is 17.4 Å². The Kier molecular flexibility index (Phi) is 6.33. The Labute approximate surface area is 183 Å². The zero-order valence-electron chi connectivity index (χ0n) is 17.3. The summed E-state index contributed by atoms with van der Waals surface area (Å²) in [4.78, 5) is 31.5. The summed E-state index contributed by atoms with van der Waals surface area (Å²) in [6, 6.07) is 7.09. The van der Waals surface area contributed by atoms with Gasteiger partial charge in [0.2, 0.25) is 5.95 Å². The maximum Gasteiger partial charge on any atom is 0.329 e. The van der Waals surface area contributed by atoms with E-state index >= 15 is 0 Å². The van der Waals surface area contributed by atoms with Crippen LogP contribution in [0.3, 0.4) is 0 Å². The minimum Gasteiger partial charge on any atom is -0.491 e. The van der Waals surface area contributed by atoms with Gasteiger partial charge < -0.3 is 19.7 Å². The number of aliphatic hydroxyl groups excluding tert-OH is 1. The summed E-state index contributed by atoms with van der Waals surface area (Å²) in [5, 5.41) is 14.6. The highest BCUT2D eigenvalue weighted by molar-refractivity contribution is 6.30. The molecule has 1 atom stereocenters. The molecule has 0 radical (unpaired) electrons. The lowest BCUT2D eigenvalue weighted by molar-refractivity contribution is 0.0938. The number of aromatic amines is 1. The molecule has 4 rings (SSSR count). The lowest BCUT2D eigenvalue weighted by Crippen LogP contribution is -2.31. The van der Waals surface area contributed by atoms with Crippen molar-refractivity contribution in [1.82, 2.24) is 19.1 Å². The van der Waals surface area contributed by atoms with Crippen LogP contribution in [-0.2, 0) is 13.6 Å². The van der Waals surface area contributed by atoms with Crippen molar-refractivity contribution >= 4 is 28.7 Å². The lowest BCUT2D eigenvalue weighted by atomic mass is 9.96. The van der Waals surface area contributed by atoms with Crippen molar-refractivity contribution in [1.29, 1.82) is 0 Å². The molecule has 166 valence electrons. The topological polar surface area (TPSA) is 114 Å². The summed E-state index contributed by atoms with van der Waals surface area (Å²) in [5.74, 6) is 1.05. The van der Waals surface area contributed by atoms with E-state index in [0.29, 0.717) is 16.7 Å². The molecule has 9 nitrogen and oxygen atoms in total. The first-order chi connectivity index (χ1) is 14.9. The van der Waals surface area contributed by atoms with E-state index in [1.165, 1.54) is 11.0 Å². The summed E-state index contributed by atoms with van der Waals surface area (Å²) in [6.45, 7) is 0.105. The molecular weight excluding hydrogens is 422 g/mol. The summed E-state index contributed by atoms with van der Waals surface area (Å²) < 4.78 is 8.58. The molecule has 1 aromatic carbocycles. The molecule has 3 N–H and O–H groups in total. The molecule has 0 spiro atoms. The first kappa shape index (κ1) is 21.5. The molecule has 2 heterocycles. The van der Waals surface area contributed by atoms with Gasteiger partial charge in [-0.1, -0.05) is 30.9 Å².